The Morgan fingerprint density at radius 2 is 2.22 bits per heavy atom. The fourth-order valence-corrected chi connectivity index (χ4v) is 3.54. The molecule has 128 valence electrons. The van der Waals surface area contributed by atoms with Crippen molar-refractivity contribution >= 4 is 11.6 Å². The zero-order valence-corrected chi connectivity index (χ0v) is 14.4. The molecule has 0 radical (unpaired) electrons. The Kier molecular flexibility index (Phi) is 5.67. The van der Waals surface area contributed by atoms with Crippen LogP contribution in [0, 0.1) is 5.92 Å². The molecule has 0 saturated carbocycles. The molecule has 1 aromatic rings. The first-order valence-electron chi connectivity index (χ1n) is 8.76. The molecule has 0 aromatic carbocycles. The number of hydrogen-bond acceptors (Lipinski definition) is 6. The second-order valence-electron chi connectivity index (χ2n) is 6.98. The summed E-state index contributed by atoms with van der Waals surface area (Å²) < 4.78 is 5.62. The van der Waals surface area contributed by atoms with E-state index in [1.807, 2.05) is 25.1 Å². The summed E-state index contributed by atoms with van der Waals surface area (Å²) in [6, 6.07) is 2.49. The third kappa shape index (κ3) is 4.78. The molecule has 3 rings (SSSR count). The molecule has 2 unspecified atom stereocenters. The predicted octanol–water partition coefficient (Wildman–Crippen LogP) is 1.85. The standard InChI is InChI=1S/C17H29N5O/c1-21(2)17-9-16(18-13-19-17)20-15-6-3-7-22(11-15)10-14-5-4-8-23-12-14/h9,13-15H,3-8,10-12H2,1-2H3,(H,18,19,20). The molecule has 2 fully saturated rings. The van der Waals surface area contributed by atoms with E-state index in [4.69, 9.17) is 4.74 Å². The molecule has 3 heterocycles. The van der Waals surface area contributed by atoms with Crippen LogP contribution in [0.5, 0.6) is 0 Å². The van der Waals surface area contributed by atoms with Crippen molar-refractivity contribution in [3.63, 3.8) is 0 Å². The van der Waals surface area contributed by atoms with Crippen LogP contribution in [-0.2, 0) is 4.74 Å². The van der Waals surface area contributed by atoms with Crippen molar-refractivity contribution in [1.29, 1.82) is 0 Å². The van der Waals surface area contributed by atoms with Gasteiger partial charge in [0.25, 0.3) is 0 Å². The molecule has 1 N–H and O–H groups in total. The van der Waals surface area contributed by atoms with Crippen molar-refractivity contribution in [2.75, 3.05) is 57.2 Å². The van der Waals surface area contributed by atoms with E-state index >= 15 is 0 Å². The molecule has 23 heavy (non-hydrogen) atoms. The summed E-state index contributed by atoms with van der Waals surface area (Å²) >= 11 is 0. The van der Waals surface area contributed by atoms with E-state index in [9.17, 15) is 0 Å². The lowest BCUT2D eigenvalue weighted by molar-refractivity contribution is 0.0348. The van der Waals surface area contributed by atoms with E-state index < -0.39 is 0 Å². The number of nitrogens with one attached hydrogen (secondary N) is 1. The first-order chi connectivity index (χ1) is 11.2. The first-order valence-corrected chi connectivity index (χ1v) is 8.76. The third-order valence-corrected chi connectivity index (χ3v) is 4.74. The van der Waals surface area contributed by atoms with Crippen LogP contribution in [0.25, 0.3) is 0 Å². The number of ether oxygens (including phenoxy) is 1. The molecule has 6 heteroatoms. The summed E-state index contributed by atoms with van der Waals surface area (Å²) in [5.41, 5.74) is 0. The van der Waals surface area contributed by atoms with E-state index in [1.54, 1.807) is 6.33 Å². The predicted molar refractivity (Wildman–Crippen MR) is 93.0 cm³/mol. The van der Waals surface area contributed by atoms with E-state index in [2.05, 4.69) is 20.2 Å². The number of rotatable bonds is 5. The summed E-state index contributed by atoms with van der Waals surface area (Å²) in [6.45, 7) is 5.36. The number of nitrogens with zero attached hydrogens (tertiary/aromatic N) is 4. The second-order valence-corrected chi connectivity index (χ2v) is 6.98. The highest BCUT2D eigenvalue weighted by atomic mass is 16.5. The van der Waals surface area contributed by atoms with Crippen molar-refractivity contribution < 1.29 is 4.74 Å². The lowest BCUT2D eigenvalue weighted by Crippen LogP contribution is -2.45. The quantitative estimate of drug-likeness (QED) is 0.894. The molecule has 2 aliphatic rings. The van der Waals surface area contributed by atoms with Crippen LogP contribution in [0.1, 0.15) is 25.7 Å². The highest BCUT2D eigenvalue weighted by Crippen LogP contribution is 2.20. The number of likely N-dealkylation sites (tertiary alicyclic amines) is 1. The monoisotopic (exact) mass is 319 g/mol. The van der Waals surface area contributed by atoms with Crippen LogP contribution < -0.4 is 10.2 Å². The summed E-state index contributed by atoms with van der Waals surface area (Å²) in [7, 11) is 4.00. The van der Waals surface area contributed by atoms with Crippen LogP contribution in [0.15, 0.2) is 12.4 Å². The van der Waals surface area contributed by atoms with Gasteiger partial charge in [0.2, 0.25) is 0 Å². The highest BCUT2D eigenvalue weighted by molar-refractivity contribution is 5.47. The maximum atomic E-state index is 5.62. The lowest BCUT2D eigenvalue weighted by atomic mass is 9.99. The van der Waals surface area contributed by atoms with Crippen LogP contribution in [0.2, 0.25) is 0 Å². The molecular formula is C17H29N5O. The maximum Gasteiger partial charge on any atom is 0.133 e. The number of anilines is 2. The SMILES string of the molecule is CN(C)c1cc(NC2CCCN(CC3CCCOC3)C2)ncn1. The minimum absolute atomic E-state index is 0.471. The molecule has 2 saturated heterocycles. The molecule has 0 amide bonds. The van der Waals surface area contributed by atoms with Gasteiger partial charge in [0.1, 0.15) is 18.0 Å². The Hall–Kier alpha value is -1.40. The third-order valence-electron chi connectivity index (χ3n) is 4.74. The van der Waals surface area contributed by atoms with Crippen molar-refractivity contribution in [2.45, 2.75) is 31.7 Å². The van der Waals surface area contributed by atoms with Crippen molar-refractivity contribution in [3.8, 4) is 0 Å². The van der Waals surface area contributed by atoms with Gasteiger partial charge in [-0.3, -0.25) is 0 Å². The largest absolute Gasteiger partial charge is 0.381 e. The average molecular weight is 319 g/mol. The van der Waals surface area contributed by atoms with E-state index in [1.165, 1.54) is 38.8 Å². The van der Waals surface area contributed by atoms with Gasteiger partial charge < -0.3 is 19.9 Å². The maximum absolute atomic E-state index is 5.62. The average Bonchev–Trinajstić information content (AvgIpc) is 2.56. The molecule has 6 nitrogen and oxygen atoms in total. The van der Waals surface area contributed by atoms with Gasteiger partial charge in [-0.05, 0) is 38.1 Å². The van der Waals surface area contributed by atoms with Crippen molar-refractivity contribution in [3.05, 3.63) is 12.4 Å². The highest BCUT2D eigenvalue weighted by Gasteiger charge is 2.24. The van der Waals surface area contributed by atoms with Crippen LogP contribution in [-0.4, -0.2) is 67.9 Å². The molecule has 2 aliphatic heterocycles. The number of aromatic nitrogens is 2. The van der Waals surface area contributed by atoms with E-state index in [-0.39, 0.29) is 0 Å². The van der Waals surface area contributed by atoms with Gasteiger partial charge in [-0.15, -0.1) is 0 Å². The Morgan fingerprint density at radius 3 is 3.00 bits per heavy atom. The van der Waals surface area contributed by atoms with E-state index in [0.29, 0.717) is 12.0 Å². The Labute approximate surface area is 139 Å². The Bertz CT molecular complexity index is 490. The lowest BCUT2D eigenvalue weighted by Gasteiger charge is -2.36. The first kappa shape index (κ1) is 16.5. The smallest absolute Gasteiger partial charge is 0.133 e. The van der Waals surface area contributed by atoms with Gasteiger partial charge >= 0.3 is 0 Å². The Balaban J connectivity index is 1.52. The van der Waals surface area contributed by atoms with Gasteiger partial charge in [-0.1, -0.05) is 0 Å². The van der Waals surface area contributed by atoms with Gasteiger partial charge in [-0.25, -0.2) is 9.97 Å². The minimum Gasteiger partial charge on any atom is -0.381 e. The molecular weight excluding hydrogens is 290 g/mol. The molecule has 0 spiro atoms. The zero-order chi connectivity index (χ0) is 16.1. The van der Waals surface area contributed by atoms with Gasteiger partial charge in [0.15, 0.2) is 0 Å². The number of piperidine rings is 1. The van der Waals surface area contributed by atoms with E-state index in [0.717, 1.165) is 31.4 Å². The van der Waals surface area contributed by atoms with Gasteiger partial charge in [0, 0.05) is 45.9 Å². The van der Waals surface area contributed by atoms with Crippen LogP contribution in [0.4, 0.5) is 11.6 Å². The van der Waals surface area contributed by atoms with Crippen LogP contribution >= 0.6 is 0 Å². The zero-order valence-electron chi connectivity index (χ0n) is 14.4. The molecule has 0 aliphatic carbocycles. The summed E-state index contributed by atoms with van der Waals surface area (Å²) in [4.78, 5) is 13.2. The normalized spacial score (nSPS) is 26.0. The van der Waals surface area contributed by atoms with Crippen molar-refractivity contribution in [2.24, 2.45) is 5.92 Å². The fraction of sp³-hybridized carbons (Fsp3) is 0.765. The fourth-order valence-electron chi connectivity index (χ4n) is 3.54. The van der Waals surface area contributed by atoms with Gasteiger partial charge in [-0.2, -0.15) is 0 Å². The minimum atomic E-state index is 0.471. The van der Waals surface area contributed by atoms with Gasteiger partial charge in [0.05, 0.1) is 6.61 Å². The van der Waals surface area contributed by atoms with Crippen LogP contribution in [0.3, 0.4) is 0 Å². The summed E-state index contributed by atoms with van der Waals surface area (Å²) in [5.74, 6) is 2.58. The molecule has 2 atom stereocenters. The topological polar surface area (TPSA) is 53.5 Å². The summed E-state index contributed by atoms with van der Waals surface area (Å²) in [6.07, 6.45) is 6.62. The molecule has 0 bridgehead atoms. The molecule has 1 aromatic heterocycles. The Morgan fingerprint density at radius 1 is 1.30 bits per heavy atom. The van der Waals surface area contributed by atoms with Crippen molar-refractivity contribution in [1.82, 2.24) is 14.9 Å². The number of hydrogen-bond donors (Lipinski definition) is 1. The summed E-state index contributed by atoms with van der Waals surface area (Å²) in [5, 5.41) is 3.59. The second kappa shape index (κ2) is 7.93.